The van der Waals surface area contributed by atoms with Gasteiger partial charge in [0, 0.05) is 49.5 Å². The van der Waals surface area contributed by atoms with Crippen LogP contribution in [0, 0.1) is 6.92 Å². The molecule has 4 rings (SSSR count). The van der Waals surface area contributed by atoms with Crippen molar-refractivity contribution < 1.29 is 14.3 Å². The summed E-state index contributed by atoms with van der Waals surface area (Å²) in [5.41, 5.74) is 4.71. The van der Waals surface area contributed by atoms with Gasteiger partial charge in [0.05, 0.1) is 32.1 Å². The Hall–Kier alpha value is -2.55. The highest BCUT2D eigenvalue weighted by Crippen LogP contribution is 2.28. The smallest absolute Gasteiger partial charge is 0.251 e. The van der Waals surface area contributed by atoms with Crippen LogP contribution in [-0.4, -0.2) is 86.5 Å². The molecule has 0 radical (unpaired) electrons. The van der Waals surface area contributed by atoms with Crippen LogP contribution in [0.5, 0.6) is 0 Å². The summed E-state index contributed by atoms with van der Waals surface area (Å²) in [4.78, 5) is 27.2. The zero-order valence-electron chi connectivity index (χ0n) is 20.5. The summed E-state index contributed by atoms with van der Waals surface area (Å²) in [6.45, 7) is 12.4. The van der Waals surface area contributed by atoms with Gasteiger partial charge >= 0.3 is 0 Å². The zero-order valence-corrected chi connectivity index (χ0v) is 20.5. The maximum absolute atomic E-state index is 12.9. The van der Waals surface area contributed by atoms with Crippen molar-refractivity contribution in [2.75, 3.05) is 70.6 Å². The molecule has 0 bridgehead atoms. The summed E-state index contributed by atoms with van der Waals surface area (Å²) in [5, 5.41) is 3.08. The van der Waals surface area contributed by atoms with Crippen molar-refractivity contribution in [3.8, 4) is 11.3 Å². The summed E-state index contributed by atoms with van der Waals surface area (Å²) in [6, 6.07) is 7.82. The lowest BCUT2D eigenvalue weighted by molar-refractivity contribution is 0.0374. The van der Waals surface area contributed by atoms with E-state index in [0.717, 1.165) is 93.7 Å². The largest absolute Gasteiger partial charge is 0.379 e. The van der Waals surface area contributed by atoms with Crippen LogP contribution in [0.4, 0.5) is 5.95 Å². The number of nitrogens with one attached hydrogen (secondary N) is 1. The second-order valence-electron chi connectivity index (χ2n) is 8.93. The number of amides is 1. The van der Waals surface area contributed by atoms with E-state index in [1.165, 1.54) is 0 Å². The minimum atomic E-state index is -0.0416. The molecule has 34 heavy (non-hydrogen) atoms. The third kappa shape index (κ3) is 6.31. The average molecular weight is 468 g/mol. The van der Waals surface area contributed by atoms with Gasteiger partial charge in [-0.05, 0) is 44.0 Å². The van der Waals surface area contributed by atoms with Crippen molar-refractivity contribution in [2.45, 2.75) is 33.1 Å². The molecule has 3 heterocycles. The first kappa shape index (κ1) is 24.6. The number of nitrogens with zero attached hydrogens (tertiary/aromatic N) is 4. The molecule has 0 saturated carbocycles. The van der Waals surface area contributed by atoms with Gasteiger partial charge in [-0.3, -0.25) is 9.69 Å². The van der Waals surface area contributed by atoms with Gasteiger partial charge in [0.1, 0.15) is 0 Å². The van der Waals surface area contributed by atoms with Crippen LogP contribution in [0.2, 0.25) is 0 Å². The number of hydrogen-bond acceptors (Lipinski definition) is 7. The van der Waals surface area contributed by atoms with Crippen LogP contribution < -0.4 is 10.2 Å². The number of benzene rings is 1. The first-order valence-electron chi connectivity index (χ1n) is 12.5. The van der Waals surface area contributed by atoms with E-state index < -0.39 is 0 Å². The number of rotatable bonds is 9. The minimum absolute atomic E-state index is 0.0416. The summed E-state index contributed by atoms with van der Waals surface area (Å²) in [7, 11) is 0. The van der Waals surface area contributed by atoms with Crippen LogP contribution in [0.1, 0.15) is 41.4 Å². The van der Waals surface area contributed by atoms with E-state index in [2.05, 4.69) is 29.0 Å². The first-order valence-corrected chi connectivity index (χ1v) is 12.5. The van der Waals surface area contributed by atoms with Gasteiger partial charge in [0.25, 0.3) is 5.91 Å². The predicted octanol–water partition coefficient (Wildman–Crippen LogP) is 2.69. The second kappa shape index (κ2) is 12.2. The molecule has 8 heteroatoms. The number of morpholine rings is 2. The van der Waals surface area contributed by atoms with Crippen molar-refractivity contribution in [1.29, 1.82) is 0 Å². The highest BCUT2D eigenvalue weighted by molar-refractivity contribution is 5.95. The molecule has 8 nitrogen and oxygen atoms in total. The Morgan fingerprint density at radius 3 is 2.53 bits per heavy atom. The van der Waals surface area contributed by atoms with Gasteiger partial charge in [-0.25, -0.2) is 9.97 Å². The van der Waals surface area contributed by atoms with Crippen LogP contribution in [0.25, 0.3) is 11.3 Å². The predicted molar refractivity (Wildman–Crippen MR) is 133 cm³/mol. The third-order valence-corrected chi connectivity index (χ3v) is 6.43. The summed E-state index contributed by atoms with van der Waals surface area (Å²) < 4.78 is 10.9. The summed E-state index contributed by atoms with van der Waals surface area (Å²) in [5.74, 6) is 0.702. The molecule has 1 aromatic heterocycles. The molecular weight excluding hydrogens is 430 g/mol. The Morgan fingerprint density at radius 2 is 1.79 bits per heavy atom. The Balaban J connectivity index is 1.47. The number of aromatic nitrogens is 2. The molecular formula is C26H37N5O3. The van der Waals surface area contributed by atoms with E-state index in [0.29, 0.717) is 25.3 Å². The number of ether oxygens (including phenoxy) is 2. The first-order chi connectivity index (χ1) is 16.7. The van der Waals surface area contributed by atoms with Crippen molar-refractivity contribution in [1.82, 2.24) is 20.2 Å². The Kier molecular flexibility index (Phi) is 8.85. The zero-order chi connectivity index (χ0) is 23.8. The SMILES string of the molecule is CCCc1c(C)nc(N2CCOCC2)nc1-c1cccc(C(=O)NCCCN2CCOCC2)c1. The average Bonchev–Trinajstić information content (AvgIpc) is 2.89. The number of anilines is 1. The summed E-state index contributed by atoms with van der Waals surface area (Å²) in [6.07, 6.45) is 2.85. The topological polar surface area (TPSA) is 79.8 Å². The molecule has 0 spiro atoms. The fraction of sp³-hybridized carbons (Fsp3) is 0.577. The number of carbonyl (C=O) groups excluding carboxylic acids is 1. The lowest BCUT2D eigenvalue weighted by Crippen LogP contribution is -2.38. The molecule has 2 aromatic rings. The number of hydrogen-bond donors (Lipinski definition) is 1. The van der Waals surface area contributed by atoms with E-state index in [-0.39, 0.29) is 5.91 Å². The minimum Gasteiger partial charge on any atom is -0.379 e. The molecule has 0 unspecified atom stereocenters. The van der Waals surface area contributed by atoms with E-state index in [9.17, 15) is 4.79 Å². The Labute approximate surface area is 202 Å². The van der Waals surface area contributed by atoms with Gasteiger partial charge < -0.3 is 19.7 Å². The molecule has 0 aliphatic carbocycles. The second-order valence-corrected chi connectivity index (χ2v) is 8.93. The van der Waals surface area contributed by atoms with E-state index in [1.807, 2.05) is 24.3 Å². The van der Waals surface area contributed by atoms with Gasteiger partial charge in [-0.2, -0.15) is 0 Å². The third-order valence-electron chi connectivity index (χ3n) is 6.43. The van der Waals surface area contributed by atoms with E-state index in [1.54, 1.807) is 0 Å². The Bertz CT molecular complexity index is 955. The van der Waals surface area contributed by atoms with Gasteiger partial charge in [-0.1, -0.05) is 25.5 Å². The molecule has 184 valence electrons. The van der Waals surface area contributed by atoms with Crippen molar-refractivity contribution in [2.24, 2.45) is 0 Å². The maximum atomic E-state index is 12.9. The molecule has 1 N–H and O–H groups in total. The van der Waals surface area contributed by atoms with Gasteiger partial charge in [0.2, 0.25) is 5.95 Å². The van der Waals surface area contributed by atoms with Crippen LogP contribution in [0.3, 0.4) is 0 Å². The lowest BCUT2D eigenvalue weighted by Gasteiger charge is -2.28. The number of aryl methyl sites for hydroxylation is 1. The van der Waals surface area contributed by atoms with E-state index >= 15 is 0 Å². The Morgan fingerprint density at radius 1 is 1.06 bits per heavy atom. The van der Waals surface area contributed by atoms with Crippen molar-refractivity contribution >= 4 is 11.9 Å². The van der Waals surface area contributed by atoms with Gasteiger partial charge in [-0.15, -0.1) is 0 Å². The molecule has 0 atom stereocenters. The fourth-order valence-electron chi connectivity index (χ4n) is 4.51. The standard InChI is InChI=1S/C26H37N5O3/c1-3-6-23-20(2)28-26(31-13-17-34-18-14-31)29-24(23)21-7-4-8-22(19-21)25(32)27-9-5-10-30-11-15-33-16-12-30/h4,7-8,19H,3,5-6,9-18H2,1-2H3,(H,27,32). The van der Waals surface area contributed by atoms with Crippen LogP contribution in [-0.2, 0) is 15.9 Å². The highest BCUT2D eigenvalue weighted by Gasteiger charge is 2.19. The van der Waals surface area contributed by atoms with Crippen molar-refractivity contribution in [3.63, 3.8) is 0 Å². The molecule has 1 aromatic carbocycles. The highest BCUT2D eigenvalue weighted by atomic mass is 16.5. The quantitative estimate of drug-likeness (QED) is 0.568. The molecule has 2 fully saturated rings. The van der Waals surface area contributed by atoms with Crippen molar-refractivity contribution in [3.05, 3.63) is 41.1 Å². The molecule has 2 saturated heterocycles. The normalized spacial score (nSPS) is 17.1. The van der Waals surface area contributed by atoms with Crippen LogP contribution in [0.15, 0.2) is 24.3 Å². The maximum Gasteiger partial charge on any atom is 0.251 e. The lowest BCUT2D eigenvalue weighted by atomic mass is 9.99. The fourth-order valence-corrected chi connectivity index (χ4v) is 4.51. The van der Waals surface area contributed by atoms with Gasteiger partial charge in [0.15, 0.2) is 0 Å². The molecule has 1 amide bonds. The monoisotopic (exact) mass is 467 g/mol. The molecule has 2 aliphatic rings. The molecule has 2 aliphatic heterocycles. The number of carbonyl (C=O) groups is 1. The van der Waals surface area contributed by atoms with Crippen LogP contribution >= 0.6 is 0 Å². The summed E-state index contributed by atoms with van der Waals surface area (Å²) >= 11 is 0. The van der Waals surface area contributed by atoms with E-state index in [4.69, 9.17) is 19.4 Å².